The third kappa shape index (κ3) is 3.92. The van der Waals surface area contributed by atoms with Crippen molar-refractivity contribution < 1.29 is 14.3 Å². The molecule has 0 unspecified atom stereocenters. The Labute approximate surface area is 150 Å². The topological polar surface area (TPSA) is 59.7 Å². The normalized spacial score (nSPS) is 10.0. The highest BCUT2D eigenvalue weighted by atomic mass is 16.5. The number of aromatic hydroxyl groups is 1. The van der Waals surface area contributed by atoms with E-state index in [1.807, 2.05) is 48.5 Å². The Morgan fingerprint density at radius 1 is 0.846 bits per heavy atom. The van der Waals surface area contributed by atoms with Gasteiger partial charge in [0.15, 0.2) is 16.9 Å². The van der Waals surface area contributed by atoms with Crippen LogP contribution in [0.4, 0.5) is 0 Å². The van der Waals surface area contributed by atoms with Crippen molar-refractivity contribution in [3.05, 3.63) is 95.2 Å². The Hall–Kier alpha value is -3.53. The van der Waals surface area contributed by atoms with Gasteiger partial charge < -0.3 is 14.3 Å². The van der Waals surface area contributed by atoms with E-state index in [0.717, 1.165) is 5.56 Å². The summed E-state index contributed by atoms with van der Waals surface area (Å²) in [6.07, 6.45) is 0. The molecule has 4 rings (SSSR count). The summed E-state index contributed by atoms with van der Waals surface area (Å²) < 4.78 is 10.5. The van der Waals surface area contributed by atoms with E-state index in [1.54, 1.807) is 30.3 Å². The molecule has 0 aliphatic rings. The Bertz CT molecular complexity index is 1050. The van der Waals surface area contributed by atoms with Gasteiger partial charge in [0, 0.05) is 11.6 Å². The molecular formula is C22H18O4. The highest BCUT2D eigenvalue weighted by Crippen LogP contribution is 2.23. The molecule has 0 bridgehead atoms. The number of fused-ring (bicyclic) bond motifs is 1. The van der Waals surface area contributed by atoms with E-state index >= 15 is 0 Å². The first-order valence-electron chi connectivity index (χ1n) is 8.09. The van der Waals surface area contributed by atoms with E-state index < -0.39 is 0 Å². The minimum Gasteiger partial charge on any atom is -0.504 e. The molecule has 1 N–H and O–H groups in total. The summed E-state index contributed by atoms with van der Waals surface area (Å²) in [6.45, 7) is 0. The smallest absolute Gasteiger partial charge is 0.193 e. The predicted molar refractivity (Wildman–Crippen MR) is 103 cm³/mol. The fourth-order valence-electron chi connectivity index (χ4n) is 2.48. The number of rotatable bonds is 2. The lowest BCUT2D eigenvalue weighted by molar-refractivity contribution is 0.373. The maximum Gasteiger partial charge on any atom is 0.193 e. The lowest BCUT2D eigenvalue weighted by Crippen LogP contribution is -1.99. The molecule has 0 radical (unpaired) electrons. The molecule has 4 aromatic rings. The molecule has 0 fully saturated rings. The van der Waals surface area contributed by atoms with Gasteiger partial charge in [0.25, 0.3) is 0 Å². The lowest BCUT2D eigenvalue weighted by Gasteiger charge is -2.02. The summed E-state index contributed by atoms with van der Waals surface area (Å²) in [4.78, 5) is 11.9. The number of phenolic OH excluding ortho intramolecular Hbond substituents is 1. The van der Waals surface area contributed by atoms with Crippen molar-refractivity contribution in [3.8, 4) is 22.8 Å². The summed E-state index contributed by atoms with van der Waals surface area (Å²) in [5, 5.41) is 9.60. The molecule has 1 aromatic heterocycles. The van der Waals surface area contributed by atoms with Crippen LogP contribution in [0.25, 0.3) is 22.3 Å². The van der Waals surface area contributed by atoms with Crippen molar-refractivity contribution in [1.82, 2.24) is 0 Å². The molecule has 130 valence electrons. The largest absolute Gasteiger partial charge is 0.504 e. The molecule has 4 nitrogen and oxygen atoms in total. The summed E-state index contributed by atoms with van der Waals surface area (Å²) in [5.74, 6) is 1.30. The number of ether oxygens (including phenoxy) is 1. The van der Waals surface area contributed by atoms with Crippen LogP contribution >= 0.6 is 0 Å². The van der Waals surface area contributed by atoms with Gasteiger partial charge in [-0.05, 0) is 24.3 Å². The zero-order chi connectivity index (χ0) is 18.4. The standard InChI is InChI=1S/C15H10O2.C7H8O2/c16-13-10-15(11-6-2-1-3-7-11)17-14-9-5-4-8-12(13)14;1-9-7-5-3-2-4-6(7)8/h1-10H;2-5,8H,1H3. The van der Waals surface area contributed by atoms with E-state index in [-0.39, 0.29) is 11.2 Å². The van der Waals surface area contributed by atoms with E-state index in [2.05, 4.69) is 0 Å². The van der Waals surface area contributed by atoms with Crippen LogP contribution < -0.4 is 10.2 Å². The molecule has 0 saturated carbocycles. The first kappa shape index (κ1) is 17.3. The molecule has 0 aliphatic heterocycles. The van der Waals surface area contributed by atoms with Gasteiger partial charge in [-0.15, -0.1) is 0 Å². The fourth-order valence-corrected chi connectivity index (χ4v) is 2.48. The van der Waals surface area contributed by atoms with Gasteiger partial charge in [-0.3, -0.25) is 4.79 Å². The second kappa shape index (κ2) is 8.03. The van der Waals surface area contributed by atoms with Crippen molar-refractivity contribution in [2.24, 2.45) is 0 Å². The first-order valence-corrected chi connectivity index (χ1v) is 8.09. The minimum atomic E-state index is -0.00861. The van der Waals surface area contributed by atoms with Crippen LogP contribution in [0.2, 0.25) is 0 Å². The maximum atomic E-state index is 11.9. The third-order valence-corrected chi connectivity index (χ3v) is 3.78. The number of para-hydroxylation sites is 3. The summed E-state index contributed by atoms with van der Waals surface area (Å²) in [6, 6.07) is 25.3. The number of phenols is 1. The molecule has 3 aromatic carbocycles. The summed E-state index contributed by atoms with van der Waals surface area (Å²) in [7, 11) is 1.52. The van der Waals surface area contributed by atoms with Crippen molar-refractivity contribution in [3.63, 3.8) is 0 Å². The second-order valence-electron chi connectivity index (χ2n) is 5.51. The predicted octanol–water partition coefficient (Wildman–Crippen LogP) is 4.86. The van der Waals surface area contributed by atoms with Crippen LogP contribution in [0.1, 0.15) is 0 Å². The van der Waals surface area contributed by atoms with Crippen molar-refractivity contribution in [1.29, 1.82) is 0 Å². The Kier molecular flexibility index (Phi) is 5.34. The van der Waals surface area contributed by atoms with Gasteiger partial charge in [-0.2, -0.15) is 0 Å². The minimum absolute atomic E-state index is 0.00861. The molecule has 0 atom stereocenters. The quantitative estimate of drug-likeness (QED) is 0.563. The van der Waals surface area contributed by atoms with Crippen LogP contribution in [0.3, 0.4) is 0 Å². The molecule has 0 aliphatic carbocycles. The Balaban J connectivity index is 0.000000185. The van der Waals surface area contributed by atoms with Crippen LogP contribution in [-0.2, 0) is 0 Å². The van der Waals surface area contributed by atoms with Crippen LogP contribution in [-0.4, -0.2) is 12.2 Å². The summed E-state index contributed by atoms with van der Waals surface area (Å²) >= 11 is 0. The van der Waals surface area contributed by atoms with Crippen molar-refractivity contribution in [2.75, 3.05) is 7.11 Å². The second-order valence-corrected chi connectivity index (χ2v) is 5.51. The van der Waals surface area contributed by atoms with Crippen LogP contribution in [0, 0.1) is 0 Å². The van der Waals surface area contributed by atoms with Gasteiger partial charge in [0.05, 0.1) is 12.5 Å². The average molecular weight is 346 g/mol. The fraction of sp³-hybridized carbons (Fsp3) is 0.0455. The van der Waals surface area contributed by atoms with Gasteiger partial charge in [-0.25, -0.2) is 0 Å². The SMILES string of the molecule is COc1ccccc1O.O=c1cc(-c2ccccc2)oc2ccccc12. The molecule has 0 saturated heterocycles. The highest BCUT2D eigenvalue weighted by Gasteiger charge is 2.05. The van der Waals surface area contributed by atoms with E-state index in [0.29, 0.717) is 22.5 Å². The van der Waals surface area contributed by atoms with Crippen molar-refractivity contribution in [2.45, 2.75) is 0 Å². The molecule has 1 heterocycles. The molecular weight excluding hydrogens is 328 g/mol. The number of hydrogen-bond donors (Lipinski definition) is 1. The molecule has 0 amide bonds. The average Bonchev–Trinajstić information content (AvgIpc) is 2.69. The van der Waals surface area contributed by atoms with Gasteiger partial charge in [0.2, 0.25) is 0 Å². The Morgan fingerprint density at radius 2 is 1.50 bits per heavy atom. The monoisotopic (exact) mass is 346 g/mol. The highest BCUT2D eigenvalue weighted by molar-refractivity contribution is 5.78. The summed E-state index contributed by atoms with van der Waals surface area (Å²) in [5.41, 5.74) is 1.53. The molecule has 4 heteroatoms. The van der Waals surface area contributed by atoms with Crippen LogP contribution in [0.15, 0.2) is 94.1 Å². The van der Waals surface area contributed by atoms with E-state index in [9.17, 15) is 4.79 Å². The number of methoxy groups -OCH3 is 1. The number of hydrogen-bond acceptors (Lipinski definition) is 4. The third-order valence-electron chi connectivity index (χ3n) is 3.78. The van der Waals surface area contributed by atoms with E-state index in [4.69, 9.17) is 14.3 Å². The lowest BCUT2D eigenvalue weighted by atomic mass is 10.1. The Morgan fingerprint density at radius 3 is 2.19 bits per heavy atom. The number of benzene rings is 3. The first-order chi connectivity index (χ1) is 12.7. The molecule has 26 heavy (non-hydrogen) atoms. The zero-order valence-electron chi connectivity index (χ0n) is 14.3. The van der Waals surface area contributed by atoms with Gasteiger partial charge in [-0.1, -0.05) is 54.6 Å². The van der Waals surface area contributed by atoms with E-state index in [1.165, 1.54) is 13.2 Å². The van der Waals surface area contributed by atoms with Crippen molar-refractivity contribution >= 4 is 11.0 Å². The van der Waals surface area contributed by atoms with Gasteiger partial charge >= 0.3 is 0 Å². The van der Waals surface area contributed by atoms with Gasteiger partial charge in [0.1, 0.15) is 11.3 Å². The maximum absolute atomic E-state index is 11.9. The zero-order valence-corrected chi connectivity index (χ0v) is 14.3. The molecule has 0 spiro atoms. The van der Waals surface area contributed by atoms with Crippen LogP contribution in [0.5, 0.6) is 11.5 Å².